The van der Waals surface area contributed by atoms with Crippen molar-refractivity contribution < 1.29 is 9.13 Å². The van der Waals surface area contributed by atoms with Crippen molar-refractivity contribution in [2.45, 2.75) is 6.36 Å². The van der Waals surface area contributed by atoms with E-state index in [1.54, 1.807) is 30.3 Å². The van der Waals surface area contributed by atoms with Gasteiger partial charge in [0.05, 0.1) is 0 Å². The molecule has 0 aliphatic carbocycles. The van der Waals surface area contributed by atoms with E-state index in [4.69, 9.17) is 4.74 Å². The lowest BCUT2D eigenvalue weighted by Crippen LogP contribution is -2.06. The van der Waals surface area contributed by atoms with E-state index in [1.165, 1.54) is 18.3 Å². The maximum atomic E-state index is 13.6. The Morgan fingerprint density at radius 3 is 2.62 bits per heavy atom. The van der Waals surface area contributed by atoms with Crippen molar-refractivity contribution in [2.75, 3.05) is 0 Å². The van der Waals surface area contributed by atoms with E-state index in [0.29, 0.717) is 5.56 Å². The molecular weight excluding hydrogens is 209 g/mol. The third-order valence-electron chi connectivity index (χ3n) is 2.05. The van der Waals surface area contributed by atoms with Crippen LogP contribution in [0, 0.1) is 0 Å². The summed E-state index contributed by atoms with van der Waals surface area (Å²) in [6.45, 7) is 0. The van der Waals surface area contributed by atoms with Crippen LogP contribution in [0.4, 0.5) is 4.39 Å². The zero-order valence-electron chi connectivity index (χ0n) is 8.39. The van der Waals surface area contributed by atoms with Gasteiger partial charge in [0.25, 0.3) is 11.9 Å². The number of nitrogens with one attached hydrogen (secondary N) is 1. The molecule has 82 valence electrons. The lowest BCUT2D eigenvalue weighted by Gasteiger charge is -2.10. The molecule has 0 fully saturated rings. The number of pyridine rings is 1. The second-order valence-corrected chi connectivity index (χ2v) is 3.23. The Morgan fingerprint density at radius 1 is 1.19 bits per heavy atom. The Labute approximate surface area is 91.5 Å². The molecule has 0 aliphatic heterocycles. The number of alkyl halides is 1. The Kier molecular flexibility index (Phi) is 3.00. The number of rotatable bonds is 3. The van der Waals surface area contributed by atoms with Gasteiger partial charge in [0, 0.05) is 17.8 Å². The van der Waals surface area contributed by atoms with Crippen LogP contribution in [0.5, 0.6) is 5.75 Å². The van der Waals surface area contributed by atoms with Crippen LogP contribution >= 0.6 is 0 Å². The van der Waals surface area contributed by atoms with Crippen LogP contribution in [0.25, 0.3) is 0 Å². The molecule has 4 heteroatoms. The molecule has 0 saturated carbocycles. The van der Waals surface area contributed by atoms with E-state index in [2.05, 4.69) is 4.98 Å². The molecule has 1 heterocycles. The van der Waals surface area contributed by atoms with Gasteiger partial charge in [-0.1, -0.05) is 30.3 Å². The predicted octanol–water partition coefficient (Wildman–Crippen LogP) is 2.42. The maximum absolute atomic E-state index is 13.6. The van der Waals surface area contributed by atoms with E-state index in [9.17, 15) is 9.18 Å². The summed E-state index contributed by atoms with van der Waals surface area (Å²) < 4.78 is 18.6. The molecule has 1 N–H and O–H groups in total. The standard InChI is InChI=1S/C12H10FNO2/c13-12(9-4-2-1-3-5-9)16-10-6-7-14-11(15)8-10/h1-8,12H,(H,14,15). The average molecular weight is 219 g/mol. The summed E-state index contributed by atoms with van der Waals surface area (Å²) in [7, 11) is 0. The summed E-state index contributed by atoms with van der Waals surface area (Å²) >= 11 is 0. The monoisotopic (exact) mass is 219 g/mol. The van der Waals surface area contributed by atoms with Gasteiger partial charge in [0.15, 0.2) is 0 Å². The number of aromatic amines is 1. The molecule has 0 saturated heterocycles. The van der Waals surface area contributed by atoms with Gasteiger partial charge >= 0.3 is 0 Å². The highest BCUT2D eigenvalue weighted by molar-refractivity contribution is 5.21. The number of hydrogen-bond acceptors (Lipinski definition) is 2. The van der Waals surface area contributed by atoms with Crippen LogP contribution in [0.15, 0.2) is 53.5 Å². The number of aromatic nitrogens is 1. The molecule has 0 radical (unpaired) electrons. The van der Waals surface area contributed by atoms with Crippen LogP contribution in [0.1, 0.15) is 11.9 Å². The summed E-state index contributed by atoms with van der Waals surface area (Å²) in [6, 6.07) is 11.2. The van der Waals surface area contributed by atoms with Crippen molar-refractivity contribution in [1.82, 2.24) is 4.98 Å². The molecule has 0 aliphatic rings. The Bertz CT molecular complexity index is 510. The highest BCUT2D eigenvalue weighted by Crippen LogP contribution is 2.21. The van der Waals surface area contributed by atoms with Gasteiger partial charge < -0.3 is 9.72 Å². The van der Waals surface area contributed by atoms with E-state index < -0.39 is 6.36 Å². The highest BCUT2D eigenvalue weighted by Gasteiger charge is 2.10. The zero-order valence-corrected chi connectivity index (χ0v) is 8.39. The van der Waals surface area contributed by atoms with Gasteiger partial charge in [0.1, 0.15) is 5.75 Å². The lowest BCUT2D eigenvalue weighted by molar-refractivity contribution is 0.0670. The first-order valence-corrected chi connectivity index (χ1v) is 4.80. The van der Waals surface area contributed by atoms with Gasteiger partial charge in [-0.25, -0.2) is 0 Å². The average Bonchev–Trinajstić information content (AvgIpc) is 2.30. The minimum atomic E-state index is -1.57. The van der Waals surface area contributed by atoms with Crippen LogP contribution < -0.4 is 10.3 Å². The predicted molar refractivity (Wildman–Crippen MR) is 58.0 cm³/mol. The lowest BCUT2D eigenvalue weighted by atomic mass is 10.2. The number of benzene rings is 1. The fraction of sp³-hybridized carbons (Fsp3) is 0.0833. The first-order chi connectivity index (χ1) is 7.75. The van der Waals surface area contributed by atoms with Gasteiger partial charge in [-0.05, 0) is 6.07 Å². The maximum Gasteiger partial charge on any atom is 0.264 e. The summed E-state index contributed by atoms with van der Waals surface area (Å²) in [4.78, 5) is 13.4. The third kappa shape index (κ3) is 2.48. The largest absolute Gasteiger partial charge is 0.456 e. The molecule has 3 nitrogen and oxygen atoms in total. The summed E-state index contributed by atoms with van der Waals surface area (Å²) in [5.41, 5.74) is 0.0977. The van der Waals surface area contributed by atoms with Gasteiger partial charge in [-0.3, -0.25) is 4.79 Å². The molecular formula is C12H10FNO2. The van der Waals surface area contributed by atoms with E-state index >= 15 is 0 Å². The Balaban J connectivity index is 2.14. The van der Waals surface area contributed by atoms with Crippen molar-refractivity contribution >= 4 is 0 Å². The molecule has 1 aromatic heterocycles. The van der Waals surface area contributed by atoms with Crippen molar-refractivity contribution in [2.24, 2.45) is 0 Å². The molecule has 0 bridgehead atoms. The van der Waals surface area contributed by atoms with Crippen LogP contribution in [-0.2, 0) is 0 Å². The van der Waals surface area contributed by atoms with Crippen LogP contribution in [0.2, 0.25) is 0 Å². The smallest absolute Gasteiger partial charge is 0.264 e. The number of ether oxygens (including phenoxy) is 1. The SMILES string of the molecule is O=c1cc(OC(F)c2ccccc2)cc[nH]1. The molecule has 0 amide bonds. The molecule has 1 unspecified atom stereocenters. The zero-order chi connectivity index (χ0) is 11.4. The topological polar surface area (TPSA) is 42.1 Å². The number of hydrogen-bond donors (Lipinski definition) is 1. The number of H-pyrrole nitrogens is 1. The first kappa shape index (κ1) is 10.4. The molecule has 2 aromatic rings. The molecule has 2 rings (SSSR count). The first-order valence-electron chi connectivity index (χ1n) is 4.80. The van der Waals surface area contributed by atoms with Crippen molar-refractivity contribution in [3.8, 4) is 5.75 Å². The summed E-state index contributed by atoms with van der Waals surface area (Å²) in [5.74, 6) is 0.208. The van der Waals surface area contributed by atoms with Gasteiger partial charge in [-0.2, -0.15) is 4.39 Å². The van der Waals surface area contributed by atoms with Crippen molar-refractivity contribution in [3.05, 3.63) is 64.6 Å². The fourth-order valence-electron chi connectivity index (χ4n) is 1.29. The normalized spacial score (nSPS) is 12.1. The van der Waals surface area contributed by atoms with E-state index in [1.807, 2.05) is 0 Å². The Morgan fingerprint density at radius 2 is 1.94 bits per heavy atom. The minimum absolute atomic E-state index is 0.208. The molecule has 0 spiro atoms. The molecule has 16 heavy (non-hydrogen) atoms. The van der Waals surface area contributed by atoms with Crippen LogP contribution in [-0.4, -0.2) is 4.98 Å². The quantitative estimate of drug-likeness (QED) is 0.861. The van der Waals surface area contributed by atoms with Gasteiger partial charge in [0.2, 0.25) is 0 Å². The molecule has 1 aromatic carbocycles. The number of halogens is 1. The van der Waals surface area contributed by atoms with Crippen molar-refractivity contribution in [3.63, 3.8) is 0 Å². The third-order valence-corrected chi connectivity index (χ3v) is 2.05. The fourth-order valence-corrected chi connectivity index (χ4v) is 1.29. The van der Waals surface area contributed by atoms with Gasteiger partial charge in [-0.15, -0.1) is 0 Å². The van der Waals surface area contributed by atoms with Crippen LogP contribution in [0.3, 0.4) is 0 Å². The van der Waals surface area contributed by atoms with E-state index in [0.717, 1.165) is 0 Å². The second kappa shape index (κ2) is 4.61. The second-order valence-electron chi connectivity index (χ2n) is 3.23. The Hall–Kier alpha value is -2.10. The minimum Gasteiger partial charge on any atom is -0.456 e. The van der Waals surface area contributed by atoms with Crippen molar-refractivity contribution in [1.29, 1.82) is 0 Å². The van der Waals surface area contributed by atoms with E-state index in [-0.39, 0.29) is 11.3 Å². The molecule has 1 atom stereocenters. The summed E-state index contributed by atoms with van der Waals surface area (Å²) in [5, 5.41) is 0. The summed E-state index contributed by atoms with van der Waals surface area (Å²) in [6.07, 6.45) is -0.155. The highest BCUT2D eigenvalue weighted by atomic mass is 19.1.